The van der Waals surface area contributed by atoms with Crippen molar-refractivity contribution in [2.75, 3.05) is 13.7 Å². The topological polar surface area (TPSA) is 40.0 Å². The molecular weight excluding hydrogens is 350 g/mol. The molecule has 0 spiro atoms. The predicted molar refractivity (Wildman–Crippen MR) is 118 cm³/mol. The van der Waals surface area contributed by atoms with Gasteiger partial charge in [-0.1, -0.05) is 55.4 Å². The lowest BCUT2D eigenvalue weighted by atomic mass is 10.1. The number of ether oxygens (including phenoxy) is 2. The monoisotopic (exact) mass is 383 g/mol. The second-order valence-corrected chi connectivity index (χ2v) is 6.11. The SMILES string of the molecule is C/C=C/COc1cc(C)c(OC(C)c2ccc(/C=N\OC)cc2)c(C)c1.CC. The molecule has 2 aromatic carbocycles. The molecule has 0 radical (unpaired) electrons. The van der Waals surface area contributed by atoms with Crippen molar-refractivity contribution in [1.82, 2.24) is 0 Å². The molecule has 0 fully saturated rings. The Morgan fingerprint density at radius 1 is 1.04 bits per heavy atom. The minimum atomic E-state index is -0.0596. The summed E-state index contributed by atoms with van der Waals surface area (Å²) in [6.07, 6.45) is 5.58. The normalized spacial score (nSPS) is 11.8. The van der Waals surface area contributed by atoms with E-state index in [0.29, 0.717) is 6.61 Å². The molecule has 2 rings (SSSR count). The van der Waals surface area contributed by atoms with Crippen molar-refractivity contribution in [2.24, 2.45) is 5.16 Å². The summed E-state index contributed by atoms with van der Waals surface area (Å²) >= 11 is 0. The standard InChI is InChI=1S/C22H27NO3.C2H6/c1-6-7-12-25-21-13-16(2)22(17(3)14-21)26-18(4)20-10-8-19(9-11-20)15-23-24-5;1-2/h6-11,13-15,18H,12H2,1-5H3;1-2H3/b7-6+,23-15-;. The number of nitrogens with zero attached hydrogens (tertiary/aromatic N) is 1. The maximum absolute atomic E-state index is 6.24. The molecular formula is C24H33NO3. The van der Waals surface area contributed by atoms with Gasteiger partial charge in [0.2, 0.25) is 0 Å². The van der Waals surface area contributed by atoms with E-state index in [-0.39, 0.29) is 6.10 Å². The number of hydrogen-bond acceptors (Lipinski definition) is 4. The smallest absolute Gasteiger partial charge is 0.126 e. The Morgan fingerprint density at radius 3 is 2.18 bits per heavy atom. The van der Waals surface area contributed by atoms with Crippen LogP contribution in [0.3, 0.4) is 0 Å². The Balaban J connectivity index is 0.00000190. The van der Waals surface area contributed by atoms with Crippen LogP contribution in [0, 0.1) is 13.8 Å². The van der Waals surface area contributed by atoms with Gasteiger partial charge in [0.25, 0.3) is 0 Å². The van der Waals surface area contributed by atoms with Crippen molar-refractivity contribution in [3.8, 4) is 11.5 Å². The van der Waals surface area contributed by atoms with Gasteiger partial charge in [-0.05, 0) is 62.1 Å². The zero-order valence-electron chi connectivity index (χ0n) is 18.2. The van der Waals surface area contributed by atoms with Crippen LogP contribution in [0.2, 0.25) is 0 Å². The highest BCUT2D eigenvalue weighted by atomic mass is 16.6. The molecule has 0 saturated heterocycles. The van der Waals surface area contributed by atoms with E-state index in [0.717, 1.165) is 33.8 Å². The third-order valence-corrected chi connectivity index (χ3v) is 4.02. The molecule has 28 heavy (non-hydrogen) atoms. The average molecular weight is 384 g/mol. The van der Waals surface area contributed by atoms with E-state index in [1.807, 2.05) is 90.1 Å². The van der Waals surface area contributed by atoms with Crippen LogP contribution < -0.4 is 9.47 Å². The van der Waals surface area contributed by atoms with Crippen LogP contribution in [0.15, 0.2) is 53.7 Å². The molecule has 0 bridgehead atoms. The van der Waals surface area contributed by atoms with Gasteiger partial charge < -0.3 is 14.3 Å². The Kier molecular flexibility index (Phi) is 10.5. The van der Waals surface area contributed by atoms with Crippen molar-refractivity contribution in [2.45, 2.75) is 47.6 Å². The van der Waals surface area contributed by atoms with Gasteiger partial charge in [-0.15, -0.1) is 0 Å². The highest BCUT2D eigenvalue weighted by molar-refractivity contribution is 5.79. The van der Waals surface area contributed by atoms with E-state index < -0.39 is 0 Å². The predicted octanol–water partition coefficient (Wildman–Crippen LogP) is 6.40. The molecule has 2 aromatic rings. The van der Waals surface area contributed by atoms with Crippen LogP contribution in [-0.2, 0) is 4.84 Å². The van der Waals surface area contributed by atoms with Crippen molar-refractivity contribution in [3.05, 3.63) is 70.8 Å². The van der Waals surface area contributed by atoms with Gasteiger partial charge in [-0.25, -0.2) is 0 Å². The molecule has 0 amide bonds. The summed E-state index contributed by atoms with van der Waals surface area (Å²) in [5.74, 6) is 1.76. The number of allylic oxidation sites excluding steroid dienone is 1. The van der Waals surface area contributed by atoms with Gasteiger partial charge in [0.15, 0.2) is 0 Å². The van der Waals surface area contributed by atoms with Crippen LogP contribution in [0.5, 0.6) is 11.5 Å². The molecule has 0 aliphatic rings. The largest absolute Gasteiger partial charge is 0.490 e. The van der Waals surface area contributed by atoms with Crippen molar-refractivity contribution in [3.63, 3.8) is 0 Å². The fourth-order valence-electron chi connectivity index (χ4n) is 2.63. The van der Waals surface area contributed by atoms with E-state index in [9.17, 15) is 0 Å². The van der Waals surface area contributed by atoms with Gasteiger partial charge in [-0.2, -0.15) is 0 Å². The summed E-state index contributed by atoms with van der Waals surface area (Å²) in [5.41, 5.74) is 4.22. The molecule has 0 heterocycles. The first-order valence-electron chi connectivity index (χ1n) is 9.73. The lowest BCUT2D eigenvalue weighted by Gasteiger charge is -2.20. The molecule has 152 valence electrons. The first kappa shape index (κ1) is 23.3. The number of oxime groups is 1. The zero-order chi connectivity index (χ0) is 20.9. The van der Waals surface area contributed by atoms with E-state index in [2.05, 4.69) is 5.16 Å². The van der Waals surface area contributed by atoms with Crippen molar-refractivity contribution in [1.29, 1.82) is 0 Å². The van der Waals surface area contributed by atoms with Gasteiger partial charge in [0.1, 0.15) is 31.3 Å². The molecule has 4 heteroatoms. The van der Waals surface area contributed by atoms with E-state index in [1.54, 1.807) is 6.21 Å². The lowest BCUT2D eigenvalue weighted by molar-refractivity contribution is 0.215. The summed E-state index contributed by atoms with van der Waals surface area (Å²) in [5, 5.41) is 3.77. The second-order valence-electron chi connectivity index (χ2n) is 6.11. The molecule has 0 aliphatic heterocycles. The van der Waals surface area contributed by atoms with Gasteiger partial charge in [0, 0.05) is 0 Å². The molecule has 1 unspecified atom stereocenters. The number of benzene rings is 2. The van der Waals surface area contributed by atoms with Gasteiger partial charge >= 0.3 is 0 Å². The molecule has 4 nitrogen and oxygen atoms in total. The van der Waals surface area contributed by atoms with Crippen LogP contribution >= 0.6 is 0 Å². The summed E-state index contributed by atoms with van der Waals surface area (Å²) in [6.45, 7) is 12.7. The van der Waals surface area contributed by atoms with Crippen molar-refractivity contribution < 1.29 is 14.3 Å². The number of rotatable bonds is 8. The Morgan fingerprint density at radius 2 is 1.64 bits per heavy atom. The zero-order valence-corrected chi connectivity index (χ0v) is 18.2. The van der Waals surface area contributed by atoms with Crippen LogP contribution in [0.4, 0.5) is 0 Å². The summed E-state index contributed by atoms with van der Waals surface area (Å²) in [7, 11) is 1.53. The van der Waals surface area contributed by atoms with Crippen molar-refractivity contribution >= 4 is 6.21 Å². The molecule has 0 aromatic heterocycles. The maximum atomic E-state index is 6.24. The van der Waals surface area contributed by atoms with Crippen LogP contribution in [-0.4, -0.2) is 19.9 Å². The first-order chi connectivity index (χ1) is 13.5. The maximum Gasteiger partial charge on any atom is 0.126 e. The molecule has 0 saturated carbocycles. The van der Waals surface area contributed by atoms with Crippen LogP contribution in [0.1, 0.15) is 56.1 Å². The Bertz CT molecular complexity index is 741. The lowest BCUT2D eigenvalue weighted by Crippen LogP contribution is -2.06. The molecule has 0 N–H and O–H groups in total. The van der Waals surface area contributed by atoms with E-state index in [1.165, 1.54) is 7.11 Å². The number of aryl methyl sites for hydroxylation is 2. The third-order valence-electron chi connectivity index (χ3n) is 4.02. The van der Waals surface area contributed by atoms with Gasteiger partial charge in [-0.3, -0.25) is 0 Å². The number of hydrogen-bond donors (Lipinski definition) is 0. The Hall–Kier alpha value is -2.75. The average Bonchev–Trinajstić information content (AvgIpc) is 2.71. The quantitative estimate of drug-likeness (QED) is 0.301. The summed E-state index contributed by atoms with van der Waals surface area (Å²) in [6, 6.07) is 12.1. The molecule has 0 aliphatic carbocycles. The minimum Gasteiger partial charge on any atom is -0.490 e. The van der Waals surface area contributed by atoms with E-state index in [4.69, 9.17) is 14.3 Å². The highest BCUT2D eigenvalue weighted by Crippen LogP contribution is 2.32. The minimum absolute atomic E-state index is 0.0596. The van der Waals surface area contributed by atoms with Crippen LogP contribution in [0.25, 0.3) is 0 Å². The third kappa shape index (κ3) is 7.10. The Labute approximate surface area is 169 Å². The highest BCUT2D eigenvalue weighted by Gasteiger charge is 2.13. The van der Waals surface area contributed by atoms with E-state index >= 15 is 0 Å². The fourth-order valence-corrected chi connectivity index (χ4v) is 2.63. The summed E-state index contributed by atoms with van der Waals surface area (Å²) < 4.78 is 12.0. The summed E-state index contributed by atoms with van der Waals surface area (Å²) in [4.78, 5) is 4.70. The fraction of sp³-hybridized carbons (Fsp3) is 0.375. The molecule has 1 atom stereocenters. The second kappa shape index (κ2) is 12.6. The first-order valence-corrected chi connectivity index (χ1v) is 9.73. The van der Waals surface area contributed by atoms with Gasteiger partial charge in [0.05, 0.1) is 6.21 Å².